The number of likely N-dealkylation sites (N-methyl/N-ethyl adjacent to an activating group) is 1. The molecular formula is C21H23N5O2. The molecule has 7 nitrogen and oxygen atoms in total. The molecule has 0 saturated carbocycles. The summed E-state index contributed by atoms with van der Waals surface area (Å²) in [6.07, 6.45) is 7.00. The van der Waals surface area contributed by atoms with E-state index in [1.54, 1.807) is 11.6 Å². The number of hydrogen-bond donors (Lipinski definition) is 2. The number of nitrogens with zero attached hydrogens (tertiary/aromatic N) is 4. The number of hydrogen-bond acceptors (Lipinski definition) is 5. The third-order valence-electron chi connectivity index (χ3n) is 5.10. The van der Waals surface area contributed by atoms with Gasteiger partial charge in [-0.3, -0.25) is 10.0 Å². The first-order chi connectivity index (χ1) is 13.7. The van der Waals surface area contributed by atoms with Gasteiger partial charge in [-0.25, -0.2) is 15.4 Å². The molecule has 144 valence electrons. The third kappa shape index (κ3) is 3.67. The van der Waals surface area contributed by atoms with Crippen LogP contribution in [0.2, 0.25) is 0 Å². The van der Waals surface area contributed by atoms with Gasteiger partial charge in [-0.2, -0.15) is 0 Å². The van der Waals surface area contributed by atoms with E-state index in [9.17, 15) is 4.79 Å². The van der Waals surface area contributed by atoms with E-state index >= 15 is 0 Å². The first kappa shape index (κ1) is 18.3. The molecule has 0 radical (unpaired) electrons. The molecular weight excluding hydrogens is 354 g/mol. The molecule has 3 heterocycles. The van der Waals surface area contributed by atoms with Crippen molar-refractivity contribution in [2.24, 2.45) is 0 Å². The van der Waals surface area contributed by atoms with Crippen molar-refractivity contribution in [1.29, 1.82) is 0 Å². The highest BCUT2D eigenvalue weighted by atomic mass is 16.5. The highest BCUT2D eigenvalue weighted by Crippen LogP contribution is 2.32. The average Bonchev–Trinajstić information content (AvgIpc) is 3.12. The highest BCUT2D eigenvalue weighted by Gasteiger charge is 2.24. The molecule has 1 atom stereocenters. The normalized spacial score (nSPS) is 18.0. The van der Waals surface area contributed by atoms with Gasteiger partial charge in [0.2, 0.25) is 0 Å². The fourth-order valence-corrected chi connectivity index (χ4v) is 3.82. The minimum absolute atomic E-state index is 0.313. The van der Waals surface area contributed by atoms with Gasteiger partial charge >= 0.3 is 0 Å². The van der Waals surface area contributed by atoms with Crippen LogP contribution in [-0.4, -0.2) is 50.7 Å². The van der Waals surface area contributed by atoms with Crippen molar-refractivity contribution in [1.82, 2.24) is 24.9 Å². The summed E-state index contributed by atoms with van der Waals surface area (Å²) in [5, 5.41) is 8.65. The van der Waals surface area contributed by atoms with Crippen LogP contribution in [0.5, 0.6) is 0 Å². The Bertz CT molecular complexity index is 1030. The van der Waals surface area contributed by atoms with Gasteiger partial charge in [0, 0.05) is 30.4 Å². The standard InChI is InChI=1S/C21H23N5O2/c1-25-12-4-7-17(14-25)26-20(23-18-8-3-11-22-21(18)26)16-6-2-5-15(13-16)9-10-19(27)24-28/h2-3,5-6,8-11,13,17,28H,4,7,12,14H2,1H3,(H,24,27)/b10-9+. The van der Waals surface area contributed by atoms with E-state index in [1.807, 2.05) is 42.6 Å². The fourth-order valence-electron chi connectivity index (χ4n) is 3.82. The number of rotatable bonds is 4. The average molecular weight is 377 g/mol. The minimum atomic E-state index is -0.563. The van der Waals surface area contributed by atoms with Crippen LogP contribution < -0.4 is 5.48 Å². The summed E-state index contributed by atoms with van der Waals surface area (Å²) in [6.45, 7) is 2.07. The van der Waals surface area contributed by atoms with Gasteiger partial charge in [0.25, 0.3) is 5.91 Å². The summed E-state index contributed by atoms with van der Waals surface area (Å²) >= 11 is 0. The molecule has 1 amide bonds. The van der Waals surface area contributed by atoms with Crippen molar-refractivity contribution in [2.75, 3.05) is 20.1 Å². The van der Waals surface area contributed by atoms with Crippen LogP contribution in [-0.2, 0) is 4.79 Å². The van der Waals surface area contributed by atoms with E-state index in [4.69, 9.17) is 10.2 Å². The van der Waals surface area contributed by atoms with Gasteiger partial charge in [-0.15, -0.1) is 0 Å². The van der Waals surface area contributed by atoms with Gasteiger partial charge in [0.1, 0.15) is 11.3 Å². The number of amides is 1. The highest BCUT2D eigenvalue weighted by molar-refractivity contribution is 5.91. The Hall–Kier alpha value is -3.03. The van der Waals surface area contributed by atoms with E-state index in [2.05, 4.69) is 21.5 Å². The summed E-state index contributed by atoms with van der Waals surface area (Å²) in [4.78, 5) is 23.1. The van der Waals surface area contributed by atoms with E-state index in [0.717, 1.165) is 54.0 Å². The molecule has 3 aromatic rings. The second-order valence-corrected chi connectivity index (χ2v) is 7.14. The minimum Gasteiger partial charge on any atom is -0.304 e. The Kier molecular flexibility index (Phi) is 5.18. The summed E-state index contributed by atoms with van der Waals surface area (Å²) in [7, 11) is 2.15. The molecule has 0 bridgehead atoms. The maximum atomic E-state index is 11.3. The van der Waals surface area contributed by atoms with E-state index in [1.165, 1.54) is 6.08 Å². The Balaban J connectivity index is 1.79. The first-order valence-electron chi connectivity index (χ1n) is 9.40. The lowest BCUT2D eigenvalue weighted by atomic mass is 10.0. The van der Waals surface area contributed by atoms with Crippen LogP contribution >= 0.6 is 0 Å². The number of benzene rings is 1. The smallest absolute Gasteiger partial charge is 0.267 e. The molecule has 1 aliphatic rings. The Labute approximate surface area is 163 Å². The van der Waals surface area contributed by atoms with Crippen molar-refractivity contribution in [3.05, 3.63) is 54.2 Å². The van der Waals surface area contributed by atoms with Gasteiger partial charge in [0.15, 0.2) is 5.65 Å². The number of fused-ring (bicyclic) bond motifs is 1. The monoisotopic (exact) mass is 377 g/mol. The number of pyridine rings is 1. The second-order valence-electron chi connectivity index (χ2n) is 7.14. The number of hydroxylamine groups is 1. The predicted octanol–water partition coefficient (Wildman–Crippen LogP) is 2.88. The summed E-state index contributed by atoms with van der Waals surface area (Å²) < 4.78 is 2.26. The molecule has 7 heteroatoms. The van der Waals surface area contributed by atoms with Crippen molar-refractivity contribution >= 4 is 23.1 Å². The van der Waals surface area contributed by atoms with E-state index in [0.29, 0.717) is 6.04 Å². The molecule has 4 rings (SSSR count). The molecule has 1 aromatic carbocycles. The number of imidazole rings is 1. The Morgan fingerprint density at radius 2 is 2.21 bits per heavy atom. The van der Waals surface area contributed by atoms with Gasteiger partial charge in [0.05, 0.1) is 0 Å². The number of carbonyl (C=O) groups excluding carboxylic acids is 1. The zero-order valence-corrected chi connectivity index (χ0v) is 15.7. The maximum absolute atomic E-state index is 11.3. The number of carbonyl (C=O) groups is 1. The lowest BCUT2D eigenvalue weighted by molar-refractivity contribution is -0.124. The van der Waals surface area contributed by atoms with Crippen molar-refractivity contribution in [2.45, 2.75) is 18.9 Å². The molecule has 1 unspecified atom stereocenters. The number of likely N-dealkylation sites (tertiary alicyclic amines) is 1. The van der Waals surface area contributed by atoms with Crippen molar-refractivity contribution < 1.29 is 10.0 Å². The van der Waals surface area contributed by atoms with Crippen LogP contribution in [0.3, 0.4) is 0 Å². The molecule has 28 heavy (non-hydrogen) atoms. The maximum Gasteiger partial charge on any atom is 0.267 e. The molecule has 1 aliphatic heterocycles. The second kappa shape index (κ2) is 7.92. The predicted molar refractivity (Wildman–Crippen MR) is 108 cm³/mol. The largest absolute Gasteiger partial charge is 0.304 e. The molecule has 2 N–H and O–H groups in total. The van der Waals surface area contributed by atoms with E-state index < -0.39 is 5.91 Å². The molecule has 1 fully saturated rings. The molecule has 1 saturated heterocycles. The number of piperidine rings is 1. The van der Waals surface area contributed by atoms with Crippen molar-refractivity contribution in [3.8, 4) is 11.4 Å². The number of aromatic nitrogens is 3. The quantitative estimate of drug-likeness (QED) is 0.415. The van der Waals surface area contributed by atoms with Gasteiger partial charge in [-0.05, 0) is 56.3 Å². The van der Waals surface area contributed by atoms with Crippen LogP contribution in [0.4, 0.5) is 0 Å². The molecule has 0 spiro atoms. The Morgan fingerprint density at radius 3 is 3.04 bits per heavy atom. The molecule has 2 aromatic heterocycles. The SMILES string of the molecule is CN1CCCC(n2c(-c3cccc(/C=C/C(=O)NO)c3)nc3cccnc32)C1. The molecule has 0 aliphatic carbocycles. The third-order valence-corrected chi connectivity index (χ3v) is 5.10. The lowest BCUT2D eigenvalue weighted by Crippen LogP contribution is -2.33. The van der Waals surface area contributed by atoms with Crippen molar-refractivity contribution in [3.63, 3.8) is 0 Å². The van der Waals surface area contributed by atoms with E-state index in [-0.39, 0.29) is 0 Å². The zero-order valence-electron chi connectivity index (χ0n) is 15.7. The summed E-state index contributed by atoms with van der Waals surface area (Å²) in [6, 6.07) is 12.1. The number of nitrogens with one attached hydrogen (secondary N) is 1. The first-order valence-corrected chi connectivity index (χ1v) is 9.40. The lowest BCUT2D eigenvalue weighted by Gasteiger charge is -2.31. The Morgan fingerprint density at radius 1 is 1.32 bits per heavy atom. The fraction of sp³-hybridized carbons (Fsp3) is 0.286. The van der Waals surface area contributed by atoms with Crippen LogP contribution in [0.15, 0.2) is 48.7 Å². The van der Waals surface area contributed by atoms with Gasteiger partial charge < -0.3 is 9.47 Å². The van der Waals surface area contributed by atoms with Crippen LogP contribution in [0.25, 0.3) is 28.6 Å². The van der Waals surface area contributed by atoms with Gasteiger partial charge in [-0.1, -0.05) is 18.2 Å². The topological polar surface area (TPSA) is 83.3 Å². The zero-order chi connectivity index (χ0) is 19.5. The van der Waals surface area contributed by atoms with Crippen LogP contribution in [0, 0.1) is 0 Å². The summed E-state index contributed by atoms with van der Waals surface area (Å²) in [5.74, 6) is 0.322. The van der Waals surface area contributed by atoms with Crippen LogP contribution in [0.1, 0.15) is 24.4 Å². The summed E-state index contributed by atoms with van der Waals surface area (Å²) in [5.41, 5.74) is 5.21.